The second kappa shape index (κ2) is 4.92. The van der Waals surface area contributed by atoms with Crippen LogP contribution in [0.5, 0.6) is 0 Å². The van der Waals surface area contributed by atoms with Gasteiger partial charge in [0.25, 0.3) is 0 Å². The van der Waals surface area contributed by atoms with Gasteiger partial charge in [-0.05, 0) is 18.1 Å². The summed E-state index contributed by atoms with van der Waals surface area (Å²) < 4.78 is 2.22. The van der Waals surface area contributed by atoms with Crippen LogP contribution in [0, 0.1) is 0 Å². The summed E-state index contributed by atoms with van der Waals surface area (Å²) in [6, 6.07) is 4.09. The van der Waals surface area contributed by atoms with Crippen molar-refractivity contribution in [1.29, 1.82) is 0 Å². The molecule has 0 aromatic carbocycles. The van der Waals surface area contributed by atoms with E-state index in [2.05, 4.69) is 34.4 Å². The zero-order valence-corrected chi connectivity index (χ0v) is 9.80. The second-order valence-electron chi connectivity index (χ2n) is 4.24. The van der Waals surface area contributed by atoms with E-state index in [1.165, 1.54) is 5.56 Å². The molecule has 0 aliphatic heterocycles. The fourth-order valence-corrected chi connectivity index (χ4v) is 1.81. The zero-order chi connectivity index (χ0) is 11.4. The Hall–Kier alpha value is -1.64. The van der Waals surface area contributed by atoms with Gasteiger partial charge in [-0.1, -0.05) is 19.9 Å². The Morgan fingerprint density at radius 1 is 1.31 bits per heavy atom. The molecule has 0 saturated carbocycles. The van der Waals surface area contributed by atoms with Gasteiger partial charge in [-0.3, -0.25) is 4.98 Å². The molecule has 2 aromatic rings. The van der Waals surface area contributed by atoms with E-state index in [0.29, 0.717) is 5.92 Å². The molecule has 2 aromatic heterocycles. The molecule has 0 aliphatic rings. The van der Waals surface area contributed by atoms with E-state index in [-0.39, 0.29) is 0 Å². The number of hydrogen-bond donors (Lipinski definition) is 0. The standard InChI is InChI=1S/C13H17N3/c1-11(2)13-15-7-9-16(13)8-5-12-4-3-6-14-10-12/h3-4,6-7,9-11H,5,8H2,1-2H3. The fourth-order valence-electron chi connectivity index (χ4n) is 1.81. The van der Waals surface area contributed by atoms with Crippen molar-refractivity contribution in [3.8, 4) is 0 Å². The molecular weight excluding hydrogens is 198 g/mol. The lowest BCUT2D eigenvalue weighted by Gasteiger charge is -2.09. The normalized spacial score (nSPS) is 10.9. The van der Waals surface area contributed by atoms with Gasteiger partial charge in [0, 0.05) is 37.3 Å². The fraction of sp³-hybridized carbons (Fsp3) is 0.385. The second-order valence-corrected chi connectivity index (χ2v) is 4.24. The third kappa shape index (κ3) is 2.48. The molecule has 0 bridgehead atoms. The molecule has 0 radical (unpaired) electrons. The molecule has 0 unspecified atom stereocenters. The highest BCUT2D eigenvalue weighted by molar-refractivity contribution is 5.09. The highest BCUT2D eigenvalue weighted by Crippen LogP contribution is 2.12. The van der Waals surface area contributed by atoms with Crippen LogP contribution in [0.2, 0.25) is 0 Å². The molecule has 0 aliphatic carbocycles. The third-order valence-corrected chi connectivity index (χ3v) is 2.63. The van der Waals surface area contributed by atoms with Gasteiger partial charge in [0.15, 0.2) is 0 Å². The Labute approximate surface area is 96.2 Å². The van der Waals surface area contributed by atoms with Crippen molar-refractivity contribution in [1.82, 2.24) is 14.5 Å². The SMILES string of the molecule is CC(C)c1nccn1CCc1cccnc1. The molecule has 16 heavy (non-hydrogen) atoms. The molecule has 0 amide bonds. The maximum absolute atomic E-state index is 4.38. The summed E-state index contributed by atoms with van der Waals surface area (Å²) in [5.41, 5.74) is 1.27. The highest BCUT2D eigenvalue weighted by atomic mass is 15.1. The van der Waals surface area contributed by atoms with E-state index in [4.69, 9.17) is 0 Å². The number of hydrogen-bond acceptors (Lipinski definition) is 2. The van der Waals surface area contributed by atoms with E-state index < -0.39 is 0 Å². The predicted octanol–water partition coefficient (Wildman–Crippen LogP) is 2.64. The summed E-state index contributed by atoms with van der Waals surface area (Å²) in [7, 11) is 0. The monoisotopic (exact) mass is 215 g/mol. The summed E-state index contributed by atoms with van der Waals surface area (Å²) in [4.78, 5) is 8.49. The Bertz CT molecular complexity index is 431. The topological polar surface area (TPSA) is 30.7 Å². The van der Waals surface area contributed by atoms with Crippen molar-refractivity contribution in [2.24, 2.45) is 0 Å². The summed E-state index contributed by atoms with van der Waals surface area (Å²) >= 11 is 0. The number of pyridine rings is 1. The lowest BCUT2D eigenvalue weighted by molar-refractivity contribution is 0.619. The van der Waals surface area contributed by atoms with Gasteiger partial charge in [0.2, 0.25) is 0 Å². The van der Waals surface area contributed by atoms with Crippen LogP contribution in [0.25, 0.3) is 0 Å². The van der Waals surface area contributed by atoms with Crippen LogP contribution in [-0.4, -0.2) is 14.5 Å². The number of imidazole rings is 1. The van der Waals surface area contributed by atoms with E-state index >= 15 is 0 Å². The first kappa shape index (κ1) is 10.9. The van der Waals surface area contributed by atoms with Crippen molar-refractivity contribution in [3.05, 3.63) is 48.3 Å². The minimum atomic E-state index is 0.476. The van der Waals surface area contributed by atoms with Gasteiger partial charge in [-0.15, -0.1) is 0 Å². The van der Waals surface area contributed by atoms with Crippen LogP contribution >= 0.6 is 0 Å². The van der Waals surface area contributed by atoms with E-state index in [1.54, 1.807) is 6.20 Å². The number of aryl methyl sites for hydroxylation is 2. The molecular formula is C13H17N3. The van der Waals surface area contributed by atoms with Crippen LogP contribution < -0.4 is 0 Å². The van der Waals surface area contributed by atoms with Crippen molar-refractivity contribution in [3.63, 3.8) is 0 Å². The lowest BCUT2D eigenvalue weighted by atomic mass is 10.2. The number of aromatic nitrogens is 3. The first-order chi connectivity index (χ1) is 7.77. The highest BCUT2D eigenvalue weighted by Gasteiger charge is 2.06. The molecule has 0 saturated heterocycles. The molecule has 84 valence electrons. The smallest absolute Gasteiger partial charge is 0.111 e. The van der Waals surface area contributed by atoms with Gasteiger partial charge in [-0.2, -0.15) is 0 Å². The third-order valence-electron chi connectivity index (χ3n) is 2.63. The maximum atomic E-state index is 4.38. The van der Waals surface area contributed by atoms with Gasteiger partial charge in [-0.25, -0.2) is 4.98 Å². The molecule has 0 fully saturated rings. The van der Waals surface area contributed by atoms with Gasteiger partial charge in [0.1, 0.15) is 5.82 Å². The molecule has 3 heteroatoms. The number of nitrogens with zero attached hydrogens (tertiary/aromatic N) is 3. The van der Waals surface area contributed by atoms with Gasteiger partial charge in [0.05, 0.1) is 0 Å². The lowest BCUT2D eigenvalue weighted by Crippen LogP contribution is -2.06. The zero-order valence-electron chi connectivity index (χ0n) is 9.80. The molecule has 3 nitrogen and oxygen atoms in total. The Morgan fingerprint density at radius 3 is 2.88 bits per heavy atom. The molecule has 2 rings (SSSR count). The average Bonchev–Trinajstić information content (AvgIpc) is 2.76. The Kier molecular flexibility index (Phi) is 3.34. The van der Waals surface area contributed by atoms with E-state index in [9.17, 15) is 0 Å². The quantitative estimate of drug-likeness (QED) is 0.785. The summed E-state index contributed by atoms with van der Waals surface area (Å²) in [5.74, 6) is 1.63. The minimum Gasteiger partial charge on any atom is -0.334 e. The van der Waals surface area contributed by atoms with E-state index in [1.807, 2.05) is 24.7 Å². The minimum absolute atomic E-state index is 0.476. The van der Waals surface area contributed by atoms with Crippen LogP contribution in [-0.2, 0) is 13.0 Å². The molecule has 0 spiro atoms. The van der Waals surface area contributed by atoms with Crippen LogP contribution in [0.15, 0.2) is 36.9 Å². The van der Waals surface area contributed by atoms with Crippen LogP contribution in [0.4, 0.5) is 0 Å². The van der Waals surface area contributed by atoms with Gasteiger partial charge < -0.3 is 4.57 Å². The van der Waals surface area contributed by atoms with E-state index in [0.717, 1.165) is 18.8 Å². The number of rotatable bonds is 4. The van der Waals surface area contributed by atoms with Crippen molar-refractivity contribution in [2.75, 3.05) is 0 Å². The summed E-state index contributed by atoms with van der Waals surface area (Å²) in [6.07, 6.45) is 8.65. The van der Waals surface area contributed by atoms with Crippen LogP contribution in [0.3, 0.4) is 0 Å². The predicted molar refractivity (Wildman–Crippen MR) is 64.3 cm³/mol. The maximum Gasteiger partial charge on any atom is 0.111 e. The average molecular weight is 215 g/mol. The van der Waals surface area contributed by atoms with Crippen molar-refractivity contribution >= 4 is 0 Å². The summed E-state index contributed by atoms with van der Waals surface area (Å²) in [6.45, 7) is 5.31. The largest absolute Gasteiger partial charge is 0.334 e. The molecule has 0 atom stereocenters. The first-order valence-corrected chi connectivity index (χ1v) is 5.67. The summed E-state index contributed by atoms with van der Waals surface area (Å²) in [5, 5.41) is 0. The Balaban J connectivity index is 2.02. The first-order valence-electron chi connectivity index (χ1n) is 5.67. The van der Waals surface area contributed by atoms with Crippen molar-refractivity contribution < 1.29 is 0 Å². The molecule has 0 N–H and O–H groups in total. The van der Waals surface area contributed by atoms with Gasteiger partial charge >= 0.3 is 0 Å². The molecule has 2 heterocycles. The Morgan fingerprint density at radius 2 is 2.19 bits per heavy atom. The van der Waals surface area contributed by atoms with Crippen molar-refractivity contribution in [2.45, 2.75) is 32.7 Å². The van der Waals surface area contributed by atoms with Crippen LogP contribution in [0.1, 0.15) is 31.2 Å².